The van der Waals surface area contributed by atoms with E-state index in [1.54, 1.807) is 0 Å². The minimum Gasteiger partial charge on any atom is -0.480 e. The van der Waals surface area contributed by atoms with Gasteiger partial charge in [-0.15, -0.1) is 0 Å². The fourth-order valence-corrected chi connectivity index (χ4v) is 2.09. The van der Waals surface area contributed by atoms with Crippen LogP contribution in [0.1, 0.15) is 5.56 Å². The fraction of sp³-hybridized carbons (Fsp3) is 0.385. The zero-order valence-corrected chi connectivity index (χ0v) is 14.7. The largest absolute Gasteiger partial charge is 0.480 e. The van der Waals surface area contributed by atoms with Crippen LogP contribution in [0.25, 0.3) is 0 Å². The van der Waals surface area contributed by atoms with Crippen LogP contribution in [0.15, 0.2) is 30.3 Å². The molecule has 6 N–H and O–H groups in total. The average Bonchev–Trinajstić information content (AvgIpc) is 2.51. The Hall–Kier alpha value is -1.86. The number of benzene rings is 1. The highest BCUT2D eigenvalue weighted by atomic mass is 32.3. The normalized spacial score (nSPS) is 11.6. The molecule has 142 valence electrons. The minimum absolute atomic E-state index is 0.226. The lowest BCUT2D eigenvalue weighted by atomic mass is 10.2. The lowest BCUT2D eigenvalue weighted by Gasteiger charge is -2.08. The highest BCUT2D eigenvalue weighted by Gasteiger charge is 2.10. The highest BCUT2D eigenvalue weighted by molar-refractivity contribution is 7.99. The number of carbonyl (C=O) groups is 2. The minimum atomic E-state index is -4.67. The first kappa shape index (κ1) is 23.1. The number of nitrogens with two attached hydrogens (primary N) is 1. The molecular formula is C13H20N2O8S2. The molecule has 0 aromatic heterocycles. The van der Waals surface area contributed by atoms with Crippen LogP contribution in [-0.4, -0.2) is 58.8 Å². The van der Waals surface area contributed by atoms with Gasteiger partial charge in [0.15, 0.2) is 0 Å². The smallest absolute Gasteiger partial charge is 0.407 e. The van der Waals surface area contributed by atoms with Gasteiger partial charge in [0.1, 0.15) is 12.6 Å². The maximum Gasteiger partial charge on any atom is 0.407 e. The number of carboxylic acids is 1. The fourth-order valence-electron chi connectivity index (χ4n) is 1.28. The van der Waals surface area contributed by atoms with E-state index in [9.17, 15) is 9.59 Å². The van der Waals surface area contributed by atoms with Crippen LogP contribution in [0.3, 0.4) is 0 Å². The summed E-state index contributed by atoms with van der Waals surface area (Å²) in [5.41, 5.74) is 6.26. The van der Waals surface area contributed by atoms with Crippen molar-refractivity contribution in [1.82, 2.24) is 5.32 Å². The van der Waals surface area contributed by atoms with Gasteiger partial charge in [0, 0.05) is 18.1 Å². The molecule has 0 fully saturated rings. The van der Waals surface area contributed by atoms with Gasteiger partial charge in [-0.3, -0.25) is 13.9 Å². The first-order chi connectivity index (χ1) is 11.6. The van der Waals surface area contributed by atoms with E-state index in [0.29, 0.717) is 18.1 Å². The Bertz CT molecular complexity index is 616. The molecule has 1 amide bonds. The summed E-state index contributed by atoms with van der Waals surface area (Å²) in [6, 6.07) is 8.51. The van der Waals surface area contributed by atoms with E-state index in [1.165, 1.54) is 11.8 Å². The van der Waals surface area contributed by atoms with Gasteiger partial charge in [0.05, 0.1) is 0 Å². The van der Waals surface area contributed by atoms with Gasteiger partial charge >= 0.3 is 22.5 Å². The van der Waals surface area contributed by atoms with Gasteiger partial charge in [0.2, 0.25) is 0 Å². The van der Waals surface area contributed by atoms with Crippen LogP contribution in [0.4, 0.5) is 4.79 Å². The zero-order valence-electron chi connectivity index (χ0n) is 13.1. The molecule has 10 nitrogen and oxygen atoms in total. The molecule has 0 radical (unpaired) electrons. The lowest BCUT2D eigenvalue weighted by molar-refractivity contribution is -0.137. The third kappa shape index (κ3) is 16.8. The number of carboxylic acid groups (broad SMARTS) is 1. The topological polar surface area (TPSA) is 176 Å². The van der Waals surface area contributed by atoms with E-state index in [1.807, 2.05) is 30.3 Å². The second-order valence-electron chi connectivity index (χ2n) is 4.46. The maximum atomic E-state index is 11.4. The molecule has 1 aromatic carbocycles. The summed E-state index contributed by atoms with van der Waals surface area (Å²) in [6.07, 6.45) is -0.489. The van der Waals surface area contributed by atoms with Crippen LogP contribution < -0.4 is 11.1 Å². The Morgan fingerprint density at radius 1 is 1.24 bits per heavy atom. The summed E-state index contributed by atoms with van der Waals surface area (Å²) >= 11 is 1.37. The second-order valence-corrected chi connectivity index (χ2v) is 6.50. The first-order valence-electron chi connectivity index (χ1n) is 6.80. The molecule has 1 atom stereocenters. The molecule has 0 heterocycles. The maximum absolute atomic E-state index is 11.4. The quantitative estimate of drug-likeness (QED) is 0.305. The molecule has 1 unspecified atom stereocenters. The number of hydrogen-bond acceptors (Lipinski definition) is 7. The van der Waals surface area contributed by atoms with E-state index >= 15 is 0 Å². The first-order valence-corrected chi connectivity index (χ1v) is 9.35. The monoisotopic (exact) mass is 396 g/mol. The molecule has 0 saturated carbocycles. The molecule has 1 aromatic rings. The van der Waals surface area contributed by atoms with Crippen LogP contribution in [0.2, 0.25) is 0 Å². The standard InChI is InChI=1S/C13H18N2O4S.H2O4S/c14-11(12(16)17)9-20-7-6-15-13(18)19-8-10-4-2-1-3-5-10;1-5(2,3)4/h1-5,11H,6-9,14H2,(H,15,18)(H,16,17);(H2,1,2,3,4). The van der Waals surface area contributed by atoms with Gasteiger partial charge < -0.3 is 20.9 Å². The molecule has 25 heavy (non-hydrogen) atoms. The van der Waals surface area contributed by atoms with Crippen molar-refractivity contribution < 1.29 is 37.0 Å². The van der Waals surface area contributed by atoms with Crippen molar-refractivity contribution >= 4 is 34.2 Å². The van der Waals surface area contributed by atoms with Crippen LogP contribution in [0.5, 0.6) is 0 Å². The van der Waals surface area contributed by atoms with Crippen molar-refractivity contribution in [3.63, 3.8) is 0 Å². The Labute approximate surface area is 149 Å². The number of amides is 1. The molecule has 0 aliphatic carbocycles. The summed E-state index contributed by atoms with van der Waals surface area (Å²) in [5, 5.41) is 11.2. The van der Waals surface area contributed by atoms with Crippen LogP contribution in [-0.2, 0) is 26.5 Å². The Balaban J connectivity index is 0.00000101. The Kier molecular flexibility index (Phi) is 11.6. The number of nitrogens with one attached hydrogen (secondary N) is 1. The molecule has 1 rings (SSSR count). The molecule has 12 heteroatoms. The summed E-state index contributed by atoms with van der Waals surface area (Å²) in [5.74, 6) is -0.120. The van der Waals surface area contributed by atoms with Crippen LogP contribution in [0, 0.1) is 0 Å². The van der Waals surface area contributed by atoms with E-state index in [0.717, 1.165) is 5.56 Å². The molecule has 0 bridgehead atoms. The van der Waals surface area contributed by atoms with E-state index in [-0.39, 0.29) is 6.61 Å². The van der Waals surface area contributed by atoms with Crippen molar-refractivity contribution in [1.29, 1.82) is 0 Å². The molecule has 0 aliphatic heterocycles. The zero-order chi connectivity index (χ0) is 19.3. The van der Waals surface area contributed by atoms with Gasteiger partial charge in [-0.05, 0) is 5.56 Å². The van der Waals surface area contributed by atoms with E-state index in [4.69, 9.17) is 33.1 Å². The summed E-state index contributed by atoms with van der Waals surface area (Å²) in [7, 11) is -4.67. The summed E-state index contributed by atoms with van der Waals surface area (Å²) in [6.45, 7) is 0.633. The van der Waals surface area contributed by atoms with Crippen molar-refractivity contribution in [2.45, 2.75) is 12.6 Å². The third-order valence-corrected chi connectivity index (χ3v) is 3.43. The van der Waals surface area contributed by atoms with Gasteiger partial charge in [0.25, 0.3) is 0 Å². The van der Waals surface area contributed by atoms with Crippen molar-refractivity contribution in [3.05, 3.63) is 35.9 Å². The van der Waals surface area contributed by atoms with Crippen molar-refractivity contribution in [2.75, 3.05) is 18.1 Å². The van der Waals surface area contributed by atoms with Crippen molar-refractivity contribution in [3.8, 4) is 0 Å². The number of thioether (sulfide) groups is 1. The highest BCUT2D eigenvalue weighted by Crippen LogP contribution is 2.02. The molecule has 0 aliphatic rings. The SMILES string of the molecule is NC(CSCCNC(=O)OCc1ccccc1)C(=O)O.O=S(=O)(O)O. The number of rotatable bonds is 8. The van der Waals surface area contributed by atoms with Gasteiger partial charge in [-0.2, -0.15) is 20.2 Å². The van der Waals surface area contributed by atoms with Gasteiger partial charge in [-0.25, -0.2) is 4.79 Å². The molecule has 0 spiro atoms. The van der Waals surface area contributed by atoms with E-state index < -0.39 is 28.5 Å². The molecule has 0 saturated heterocycles. The predicted molar refractivity (Wildman–Crippen MR) is 91.7 cm³/mol. The Morgan fingerprint density at radius 2 is 1.80 bits per heavy atom. The predicted octanol–water partition coefficient (Wildman–Crippen LogP) is 0.405. The number of ether oxygens (including phenoxy) is 1. The second kappa shape index (κ2) is 12.5. The Morgan fingerprint density at radius 3 is 2.32 bits per heavy atom. The number of alkyl carbamates (subject to hydrolysis) is 1. The summed E-state index contributed by atoms with van der Waals surface area (Å²) < 4.78 is 36.6. The lowest BCUT2D eigenvalue weighted by Crippen LogP contribution is -2.33. The number of carbonyl (C=O) groups excluding carboxylic acids is 1. The summed E-state index contributed by atoms with van der Waals surface area (Å²) in [4.78, 5) is 21.8. The van der Waals surface area contributed by atoms with E-state index in [2.05, 4.69) is 5.32 Å². The number of aliphatic carboxylic acids is 1. The average molecular weight is 396 g/mol. The number of hydrogen-bond donors (Lipinski definition) is 5. The van der Waals surface area contributed by atoms with Gasteiger partial charge in [-0.1, -0.05) is 30.3 Å². The van der Waals surface area contributed by atoms with Crippen LogP contribution >= 0.6 is 11.8 Å². The third-order valence-electron chi connectivity index (χ3n) is 2.34. The molecular weight excluding hydrogens is 376 g/mol. The van der Waals surface area contributed by atoms with Crippen molar-refractivity contribution in [2.24, 2.45) is 5.73 Å².